The normalized spacial score (nSPS) is 15.6. The lowest BCUT2D eigenvalue weighted by molar-refractivity contribution is -0.133. The first-order valence-corrected chi connectivity index (χ1v) is 6.36. The Morgan fingerprint density at radius 3 is 2.78 bits per heavy atom. The largest absolute Gasteiger partial charge is 0.483 e. The fourth-order valence-corrected chi connectivity index (χ4v) is 2.03. The number of benzene rings is 1. The summed E-state index contributed by atoms with van der Waals surface area (Å²) in [6, 6.07) is 5.90. The summed E-state index contributed by atoms with van der Waals surface area (Å²) in [6.07, 6.45) is 0. The lowest BCUT2D eigenvalue weighted by atomic mass is 10.1. The quantitative estimate of drug-likeness (QED) is 0.871. The van der Waals surface area contributed by atoms with Gasteiger partial charge in [-0.2, -0.15) is 0 Å². The van der Waals surface area contributed by atoms with Crippen LogP contribution in [0.2, 0.25) is 0 Å². The number of piperazine rings is 1. The van der Waals surface area contributed by atoms with Crippen LogP contribution in [0.1, 0.15) is 11.1 Å². The SMILES string of the molecule is Cc1cccc(OCC(=O)N2CCNCC2)c1C. The molecule has 0 bridgehead atoms. The number of nitrogens with one attached hydrogen (secondary N) is 1. The molecule has 2 rings (SSSR count). The highest BCUT2D eigenvalue weighted by Gasteiger charge is 2.16. The van der Waals surface area contributed by atoms with Crippen molar-refractivity contribution in [2.24, 2.45) is 0 Å². The molecule has 0 aromatic heterocycles. The zero-order chi connectivity index (χ0) is 13.0. The lowest BCUT2D eigenvalue weighted by Crippen LogP contribution is -2.47. The van der Waals surface area contributed by atoms with E-state index >= 15 is 0 Å². The Bertz CT molecular complexity index is 426. The van der Waals surface area contributed by atoms with E-state index in [2.05, 4.69) is 5.32 Å². The minimum absolute atomic E-state index is 0.0670. The van der Waals surface area contributed by atoms with Crippen molar-refractivity contribution in [3.8, 4) is 5.75 Å². The van der Waals surface area contributed by atoms with Gasteiger partial charge in [0.25, 0.3) is 5.91 Å². The molecule has 18 heavy (non-hydrogen) atoms. The van der Waals surface area contributed by atoms with Crippen molar-refractivity contribution >= 4 is 5.91 Å². The van der Waals surface area contributed by atoms with E-state index in [9.17, 15) is 4.79 Å². The van der Waals surface area contributed by atoms with E-state index in [4.69, 9.17) is 4.74 Å². The van der Waals surface area contributed by atoms with Gasteiger partial charge >= 0.3 is 0 Å². The Morgan fingerprint density at radius 2 is 2.06 bits per heavy atom. The fourth-order valence-electron chi connectivity index (χ4n) is 2.03. The summed E-state index contributed by atoms with van der Waals surface area (Å²) in [5, 5.41) is 3.23. The first-order valence-electron chi connectivity index (χ1n) is 6.36. The molecule has 0 radical (unpaired) electrons. The first-order chi connectivity index (χ1) is 8.68. The van der Waals surface area contributed by atoms with Crippen LogP contribution >= 0.6 is 0 Å². The molecule has 0 saturated carbocycles. The van der Waals surface area contributed by atoms with Gasteiger partial charge in [0, 0.05) is 26.2 Å². The molecule has 1 fully saturated rings. The second kappa shape index (κ2) is 5.87. The summed E-state index contributed by atoms with van der Waals surface area (Å²) in [5.41, 5.74) is 2.28. The minimum Gasteiger partial charge on any atom is -0.483 e. The average Bonchev–Trinajstić information content (AvgIpc) is 2.41. The Labute approximate surface area is 108 Å². The van der Waals surface area contributed by atoms with E-state index in [1.54, 1.807) is 0 Å². The van der Waals surface area contributed by atoms with Gasteiger partial charge in [0.2, 0.25) is 0 Å². The second-order valence-electron chi connectivity index (χ2n) is 4.62. The van der Waals surface area contributed by atoms with Crippen molar-refractivity contribution in [1.29, 1.82) is 0 Å². The van der Waals surface area contributed by atoms with Crippen LogP contribution in [0.3, 0.4) is 0 Å². The second-order valence-corrected chi connectivity index (χ2v) is 4.62. The Balaban J connectivity index is 1.90. The molecular weight excluding hydrogens is 228 g/mol. The number of amides is 1. The monoisotopic (exact) mass is 248 g/mol. The first kappa shape index (κ1) is 12.9. The number of ether oxygens (including phenoxy) is 1. The van der Waals surface area contributed by atoms with Gasteiger partial charge in [-0.3, -0.25) is 4.79 Å². The molecule has 1 N–H and O–H groups in total. The van der Waals surface area contributed by atoms with Crippen molar-refractivity contribution in [3.63, 3.8) is 0 Å². The van der Waals surface area contributed by atoms with Gasteiger partial charge < -0.3 is 15.0 Å². The summed E-state index contributed by atoms with van der Waals surface area (Å²) in [5.74, 6) is 0.871. The highest BCUT2D eigenvalue weighted by molar-refractivity contribution is 5.78. The van der Waals surface area contributed by atoms with E-state index in [0.29, 0.717) is 0 Å². The number of carbonyl (C=O) groups is 1. The van der Waals surface area contributed by atoms with E-state index in [1.807, 2.05) is 36.9 Å². The minimum atomic E-state index is 0.0670. The maximum absolute atomic E-state index is 11.9. The van der Waals surface area contributed by atoms with Crippen molar-refractivity contribution in [2.75, 3.05) is 32.8 Å². The predicted molar refractivity (Wildman–Crippen MR) is 70.9 cm³/mol. The number of carbonyl (C=O) groups excluding carboxylic acids is 1. The van der Waals surface area contributed by atoms with Crippen molar-refractivity contribution < 1.29 is 9.53 Å². The number of nitrogens with zero attached hydrogens (tertiary/aromatic N) is 1. The van der Waals surface area contributed by atoms with E-state index < -0.39 is 0 Å². The third-order valence-electron chi connectivity index (χ3n) is 3.38. The molecule has 4 nitrogen and oxygen atoms in total. The molecule has 1 aromatic carbocycles. The smallest absolute Gasteiger partial charge is 0.260 e. The van der Waals surface area contributed by atoms with Gasteiger partial charge in [-0.1, -0.05) is 12.1 Å². The van der Waals surface area contributed by atoms with E-state index in [-0.39, 0.29) is 12.5 Å². The van der Waals surface area contributed by atoms with Crippen LogP contribution in [0.15, 0.2) is 18.2 Å². The van der Waals surface area contributed by atoms with Crippen LogP contribution in [-0.4, -0.2) is 43.6 Å². The van der Waals surface area contributed by atoms with Gasteiger partial charge in [-0.05, 0) is 31.0 Å². The topological polar surface area (TPSA) is 41.6 Å². The lowest BCUT2D eigenvalue weighted by Gasteiger charge is -2.27. The molecule has 1 amide bonds. The third kappa shape index (κ3) is 3.01. The summed E-state index contributed by atoms with van der Waals surface area (Å²) >= 11 is 0. The van der Waals surface area contributed by atoms with Crippen molar-refractivity contribution in [1.82, 2.24) is 10.2 Å². The van der Waals surface area contributed by atoms with Crippen LogP contribution in [0.25, 0.3) is 0 Å². The Hall–Kier alpha value is -1.55. The Morgan fingerprint density at radius 1 is 1.33 bits per heavy atom. The highest BCUT2D eigenvalue weighted by Crippen LogP contribution is 2.20. The van der Waals surface area contributed by atoms with Crippen LogP contribution in [0, 0.1) is 13.8 Å². The van der Waals surface area contributed by atoms with Gasteiger partial charge in [0.15, 0.2) is 6.61 Å². The number of hydrogen-bond acceptors (Lipinski definition) is 3. The molecule has 0 unspecified atom stereocenters. The maximum Gasteiger partial charge on any atom is 0.260 e. The summed E-state index contributed by atoms with van der Waals surface area (Å²) in [4.78, 5) is 13.8. The summed E-state index contributed by atoms with van der Waals surface area (Å²) < 4.78 is 5.62. The zero-order valence-electron chi connectivity index (χ0n) is 11.0. The molecular formula is C14H20N2O2. The van der Waals surface area contributed by atoms with Gasteiger partial charge in [0.1, 0.15) is 5.75 Å². The molecule has 1 aromatic rings. The van der Waals surface area contributed by atoms with Crippen LogP contribution in [-0.2, 0) is 4.79 Å². The summed E-state index contributed by atoms with van der Waals surface area (Å²) in [7, 11) is 0. The van der Waals surface area contributed by atoms with Gasteiger partial charge in [0.05, 0.1) is 0 Å². The van der Waals surface area contributed by atoms with Gasteiger partial charge in [-0.15, -0.1) is 0 Å². The molecule has 1 heterocycles. The molecule has 0 spiro atoms. The fraction of sp³-hybridized carbons (Fsp3) is 0.500. The molecule has 1 saturated heterocycles. The number of aryl methyl sites for hydroxylation is 1. The molecule has 0 atom stereocenters. The highest BCUT2D eigenvalue weighted by atomic mass is 16.5. The Kier molecular flexibility index (Phi) is 4.20. The van der Waals surface area contributed by atoms with Crippen molar-refractivity contribution in [3.05, 3.63) is 29.3 Å². The standard InChI is InChI=1S/C14H20N2O2/c1-11-4-3-5-13(12(11)2)18-10-14(17)16-8-6-15-7-9-16/h3-5,15H,6-10H2,1-2H3. The number of rotatable bonds is 3. The third-order valence-corrected chi connectivity index (χ3v) is 3.38. The predicted octanol–water partition coefficient (Wildman–Crippen LogP) is 1.11. The maximum atomic E-state index is 11.9. The van der Waals surface area contributed by atoms with E-state index in [0.717, 1.165) is 37.5 Å². The molecule has 0 aliphatic carbocycles. The van der Waals surface area contributed by atoms with Crippen LogP contribution in [0.5, 0.6) is 5.75 Å². The van der Waals surface area contributed by atoms with Gasteiger partial charge in [-0.25, -0.2) is 0 Å². The molecule has 1 aliphatic rings. The molecule has 4 heteroatoms. The molecule has 1 aliphatic heterocycles. The van der Waals surface area contributed by atoms with Crippen molar-refractivity contribution in [2.45, 2.75) is 13.8 Å². The van der Waals surface area contributed by atoms with E-state index in [1.165, 1.54) is 5.56 Å². The number of hydrogen-bond donors (Lipinski definition) is 1. The van der Waals surface area contributed by atoms with Crippen LogP contribution in [0.4, 0.5) is 0 Å². The van der Waals surface area contributed by atoms with Crippen LogP contribution < -0.4 is 10.1 Å². The average molecular weight is 248 g/mol. The molecule has 98 valence electrons. The zero-order valence-corrected chi connectivity index (χ0v) is 11.0. The summed E-state index contributed by atoms with van der Waals surface area (Å²) in [6.45, 7) is 7.47.